The number of halogens is 1. The van der Waals surface area contributed by atoms with Crippen LogP contribution in [0.4, 0.5) is 4.39 Å². The highest BCUT2D eigenvalue weighted by molar-refractivity contribution is 6.05. The number of hydrogen-bond donors (Lipinski definition) is 1. The Morgan fingerprint density at radius 1 is 1.27 bits per heavy atom. The van der Waals surface area contributed by atoms with Gasteiger partial charge in [-0.05, 0) is 55.2 Å². The number of aromatic nitrogens is 2. The summed E-state index contributed by atoms with van der Waals surface area (Å²) in [4.78, 5) is 15.1. The molecule has 1 atom stereocenters. The molecule has 4 rings (SSSR count). The smallest absolute Gasteiger partial charge is 0.275 e. The van der Waals surface area contributed by atoms with Crippen LogP contribution in [0.5, 0.6) is 5.75 Å². The molecule has 0 radical (unpaired) electrons. The first-order chi connectivity index (χ1) is 12.7. The lowest BCUT2D eigenvalue weighted by molar-refractivity contribution is 0.0607. The average molecular weight is 353 g/mol. The van der Waals surface area contributed by atoms with Crippen molar-refractivity contribution in [3.63, 3.8) is 0 Å². The Balaban J connectivity index is 1.71. The molecule has 0 bridgehead atoms. The Labute approximate surface area is 150 Å². The summed E-state index contributed by atoms with van der Waals surface area (Å²) in [5, 5.41) is 7.89. The second-order valence-corrected chi connectivity index (χ2v) is 6.55. The zero-order valence-electron chi connectivity index (χ0n) is 14.5. The summed E-state index contributed by atoms with van der Waals surface area (Å²) < 4.78 is 18.9. The van der Waals surface area contributed by atoms with Crippen LogP contribution in [0.3, 0.4) is 0 Å². The molecule has 0 saturated carbocycles. The highest BCUT2D eigenvalue weighted by atomic mass is 19.1. The second kappa shape index (κ2) is 6.78. The summed E-state index contributed by atoms with van der Waals surface area (Å²) in [5.74, 6) is 0.252. The minimum Gasteiger partial charge on any atom is -0.497 e. The minimum absolute atomic E-state index is 0.135. The predicted molar refractivity (Wildman–Crippen MR) is 96.7 cm³/mol. The van der Waals surface area contributed by atoms with Crippen LogP contribution >= 0.6 is 0 Å². The lowest BCUT2D eigenvalue weighted by Crippen LogP contribution is -2.38. The third kappa shape index (κ3) is 2.92. The molecule has 1 amide bonds. The van der Waals surface area contributed by atoms with Gasteiger partial charge in [0, 0.05) is 11.9 Å². The molecule has 2 aromatic carbocycles. The molecule has 1 aliphatic heterocycles. The van der Waals surface area contributed by atoms with E-state index >= 15 is 0 Å². The molecule has 3 aromatic rings. The van der Waals surface area contributed by atoms with Gasteiger partial charge >= 0.3 is 0 Å². The van der Waals surface area contributed by atoms with E-state index in [-0.39, 0.29) is 17.8 Å². The number of carbonyl (C=O) groups excluding carboxylic acids is 1. The standard InChI is InChI=1S/C20H20FN3O2/c1-26-15-8-9-17-16(12-15)19(23-22-17)20(25)24-10-3-2-7-18(24)13-5-4-6-14(21)11-13/h4-6,8-9,11-12,18H,2-3,7,10H2,1H3,(H,22,23)/t18-/m0/s1. The third-order valence-electron chi connectivity index (χ3n) is 4.97. The highest BCUT2D eigenvalue weighted by Gasteiger charge is 2.31. The van der Waals surface area contributed by atoms with Gasteiger partial charge in [0.05, 0.1) is 18.7 Å². The number of aromatic amines is 1. The van der Waals surface area contributed by atoms with Crippen LogP contribution in [0.1, 0.15) is 41.4 Å². The summed E-state index contributed by atoms with van der Waals surface area (Å²) in [5.41, 5.74) is 1.99. The fourth-order valence-electron chi connectivity index (χ4n) is 3.65. The van der Waals surface area contributed by atoms with Crippen molar-refractivity contribution in [3.05, 3.63) is 59.5 Å². The predicted octanol–water partition coefficient (Wildman–Crippen LogP) is 4.08. The van der Waals surface area contributed by atoms with Gasteiger partial charge in [-0.3, -0.25) is 9.89 Å². The Kier molecular flexibility index (Phi) is 4.32. The topological polar surface area (TPSA) is 58.2 Å². The van der Waals surface area contributed by atoms with E-state index in [0.29, 0.717) is 18.0 Å². The number of likely N-dealkylation sites (tertiary alicyclic amines) is 1. The first-order valence-electron chi connectivity index (χ1n) is 8.76. The van der Waals surface area contributed by atoms with Gasteiger partial charge in [-0.2, -0.15) is 5.10 Å². The molecule has 26 heavy (non-hydrogen) atoms. The molecule has 1 fully saturated rings. The largest absolute Gasteiger partial charge is 0.497 e. The number of methoxy groups -OCH3 is 1. The van der Waals surface area contributed by atoms with Gasteiger partial charge in [0.15, 0.2) is 5.69 Å². The van der Waals surface area contributed by atoms with Crippen molar-refractivity contribution in [1.82, 2.24) is 15.1 Å². The molecular formula is C20H20FN3O2. The number of rotatable bonds is 3. The van der Waals surface area contributed by atoms with Crippen molar-refractivity contribution in [2.24, 2.45) is 0 Å². The number of benzene rings is 2. The van der Waals surface area contributed by atoms with Crippen molar-refractivity contribution in [3.8, 4) is 5.75 Å². The van der Waals surface area contributed by atoms with Gasteiger partial charge < -0.3 is 9.64 Å². The van der Waals surface area contributed by atoms with Crippen LogP contribution < -0.4 is 4.74 Å². The fraction of sp³-hybridized carbons (Fsp3) is 0.300. The van der Waals surface area contributed by atoms with E-state index in [1.165, 1.54) is 12.1 Å². The molecule has 134 valence electrons. The number of nitrogens with one attached hydrogen (secondary N) is 1. The number of fused-ring (bicyclic) bond motifs is 1. The Bertz CT molecular complexity index is 953. The van der Waals surface area contributed by atoms with Gasteiger partial charge in [0.25, 0.3) is 5.91 Å². The molecule has 6 heteroatoms. The van der Waals surface area contributed by atoms with E-state index in [9.17, 15) is 9.18 Å². The SMILES string of the molecule is COc1ccc2[nH]nc(C(=O)N3CCCC[C@H]3c3cccc(F)c3)c2c1. The van der Waals surface area contributed by atoms with Crippen LogP contribution in [0.15, 0.2) is 42.5 Å². The number of H-pyrrole nitrogens is 1. The van der Waals surface area contributed by atoms with Crippen molar-refractivity contribution >= 4 is 16.8 Å². The molecule has 0 spiro atoms. The quantitative estimate of drug-likeness (QED) is 0.772. The van der Waals surface area contributed by atoms with E-state index in [4.69, 9.17) is 4.74 Å². The molecule has 0 unspecified atom stereocenters. The zero-order valence-corrected chi connectivity index (χ0v) is 14.5. The van der Waals surface area contributed by atoms with Crippen LogP contribution in [-0.4, -0.2) is 34.7 Å². The summed E-state index contributed by atoms with van der Waals surface area (Å²) >= 11 is 0. The van der Waals surface area contributed by atoms with E-state index < -0.39 is 0 Å². The van der Waals surface area contributed by atoms with E-state index in [1.54, 1.807) is 13.2 Å². The molecule has 1 aliphatic rings. The van der Waals surface area contributed by atoms with Gasteiger partial charge in [-0.1, -0.05) is 12.1 Å². The number of piperidine rings is 1. The number of amides is 1. The van der Waals surface area contributed by atoms with Gasteiger partial charge in [-0.25, -0.2) is 4.39 Å². The van der Waals surface area contributed by atoms with E-state index in [0.717, 1.165) is 35.7 Å². The van der Waals surface area contributed by atoms with Gasteiger partial charge in [0.1, 0.15) is 11.6 Å². The lowest BCUT2D eigenvalue weighted by Gasteiger charge is -2.35. The van der Waals surface area contributed by atoms with Crippen molar-refractivity contribution in [2.45, 2.75) is 25.3 Å². The zero-order chi connectivity index (χ0) is 18.1. The molecule has 1 saturated heterocycles. The number of ether oxygens (including phenoxy) is 1. The Morgan fingerprint density at radius 2 is 2.15 bits per heavy atom. The Morgan fingerprint density at radius 3 is 2.96 bits per heavy atom. The second-order valence-electron chi connectivity index (χ2n) is 6.55. The van der Waals surface area contributed by atoms with Crippen LogP contribution in [-0.2, 0) is 0 Å². The van der Waals surface area contributed by atoms with Crippen molar-refractivity contribution in [1.29, 1.82) is 0 Å². The monoisotopic (exact) mass is 353 g/mol. The lowest BCUT2D eigenvalue weighted by atomic mass is 9.94. The van der Waals surface area contributed by atoms with E-state index in [1.807, 2.05) is 29.2 Å². The first-order valence-corrected chi connectivity index (χ1v) is 8.76. The van der Waals surface area contributed by atoms with Crippen molar-refractivity contribution in [2.75, 3.05) is 13.7 Å². The normalized spacial score (nSPS) is 17.5. The summed E-state index contributed by atoms with van der Waals surface area (Å²) in [6, 6.07) is 11.9. The Hall–Kier alpha value is -2.89. The van der Waals surface area contributed by atoms with E-state index in [2.05, 4.69) is 10.2 Å². The molecule has 1 aromatic heterocycles. The van der Waals surface area contributed by atoms with Crippen LogP contribution in [0.25, 0.3) is 10.9 Å². The van der Waals surface area contributed by atoms with Gasteiger partial charge in [-0.15, -0.1) is 0 Å². The number of hydrogen-bond acceptors (Lipinski definition) is 3. The van der Waals surface area contributed by atoms with Crippen LogP contribution in [0, 0.1) is 5.82 Å². The summed E-state index contributed by atoms with van der Waals surface area (Å²) in [7, 11) is 1.59. The summed E-state index contributed by atoms with van der Waals surface area (Å²) in [6.45, 7) is 0.637. The highest BCUT2D eigenvalue weighted by Crippen LogP contribution is 2.33. The van der Waals surface area contributed by atoms with Crippen LogP contribution in [0.2, 0.25) is 0 Å². The average Bonchev–Trinajstić information content (AvgIpc) is 3.10. The molecule has 5 nitrogen and oxygen atoms in total. The molecular weight excluding hydrogens is 333 g/mol. The maximum Gasteiger partial charge on any atom is 0.275 e. The van der Waals surface area contributed by atoms with Crippen molar-refractivity contribution < 1.29 is 13.9 Å². The third-order valence-corrected chi connectivity index (χ3v) is 4.97. The maximum atomic E-state index is 13.7. The minimum atomic E-state index is -0.282. The molecule has 0 aliphatic carbocycles. The fourth-order valence-corrected chi connectivity index (χ4v) is 3.65. The summed E-state index contributed by atoms with van der Waals surface area (Å²) in [6.07, 6.45) is 2.77. The maximum absolute atomic E-state index is 13.7. The first kappa shape index (κ1) is 16.6. The van der Waals surface area contributed by atoms with Gasteiger partial charge in [0.2, 0.25) is 0 Å². The number of carbonyl (C=O) groups is 1. The molecule has 1 N–H and O–H groups in total. The molecule has 2 heterocycles. The number of nitrogens with zero attached hydrogens (tertiary/aromatic N) is 2.